The van der Waals surface area contributed by atoms with Gasteiger partial charge in [0, 0.05) is 30.8 Å². The van der Waals surface area contributed by atoms with Crippen LogP contribution in [0.1, 0.15) is 36.1 Å². The minimum atomic E-state index is 0.925. The first-order chi connectivity index (χ1) is 6.81. The molecule has 3 nitrogen and oxygen atoms in total. The van der Waals surface area contributed by atoms with Crippen molar-refractivity contribution in [3.05, 3.63) is 22.8 Å². The van der Waals surface area contributed by atoms with Crippen LogP contribution in [-0.2, 0) is 19.4 Å². The molecule has 1 aliphatic rings. The molecule has 1 aromatic rings. The molecule has 1 aromatic heterocycles. The number of aryl methyl sites for hydroxylation is 2. The fourth-order valence-electron chi connectivity index (χ4n) is 1.99. The summed E-state index contributed by atoms with van der Waals surface area (Å²) in [6, 6.07) is 0. The van der Waals surface area contributed by atoms with E-state index in [0.29, 0.717) is 0 Å². The summed E-state index contributed by atoms with van der Waals surface area (Å²) >= 11 is 0. The molecule has 0 amide bonds. The molecule has 0 spiro atoms. The van der Waals surface area contributed by atoms with Gasteiger partial charge in [0.2, 0.25) is 0 Å². The highest BCUT2D eigenvalue weighted by Crippen LogP contribution is 2.16. The third-order valence-electron chi connectivity index (χ3n) is 2.62. The van der Waals surface area contributed by atoms with Crippen molar-refractivity contribution >= 4 is 0 Å². The van der Waals surface area contributed by atoms with E-state index in [4.69, 9.17) is 0 Å². The molecule has 2 heterocycles. The first kappa shape index (κ1) is 9.59. The van der Waals surface area contributed by atoms with Gasteiger partial charge in [-0.15, -0.1) is 0 Å². The number of rotatable bonds is 2. The van der Waals surface area contributed by atoms with Crippen LogP contribution < -0.4 is 5.32 Å². The van der Waals surface area contributed by atoms with Gasteiger partial charge in [0.25, 0.3) is 0 Å². The second-order valence-electron chi connectivity index (χ2n) is 3.82. The van der Waals surface area contributed by atoms with Crippen molar-refractivity contribution in [3.8, 4) is 0 Å². The molecule has 1 N–H and O–H groups in total. The van der Waals surface area contributed by atoms with E-state index in [9.17, 15) is 0 Å². The SMILES string of the molecule is CCCc1nc(C)nc2c1CNCC2. The standard InChI is InChI=1S/C11H17N3/c1-3-4-10-9-7-12-6-5-11(9)14-8(2)13-10/h12H,3-7H2,1-2H3. The fraction of sp³-hybridized carbons (Fsp3) is 0.636. The Morgan fingerprint density at radius 2 is 2.21 bits per heavy atom. The molecule has 14 heavy (non-hydrogen) atoms. The first-order valence-corrected chi connectivity index (χ1v) is 5.37. The molecule has 0 fully saturated rings. The van der Waals surface area contributed by atoms with Crippen LogP contribution in [0.15, 0.2) is 0 Å². The Bertz CT molecular complexity index is 334. The molecule has 0 bridgehead atoms. The van der Waals surface area contributed by atoms with Gasteiger partial charge in [-0.3, -0.25) is 0 Å². The van der Waals surface area contributed by atoms with Crippen LogP contribution in [0.5, 0.6) is 0 Å². The van der Waals surface area contributed by atoms with E-state index >= 15 is 0 Å². The summed E-state index contributed by atoms with van der Waals surface area (Å²) in [6.07, 6.45) is 3.28. The van der Waals surface area contributed by atoms with Crippen LogP contribution in [0.2, 0.25) is 0 Å². The van der Waals surface area contributed by atoms with Crippen LogP contribution in [0.3, 0.4) is 0 Å². The van der Waals surface area contributed by atoms with Gasteiger partial charge in [0.15, 0.2) is 0 Å². The molecule has 76 valence electrons. The molecule has 3 heteroatoms. The van der Waals surface area contributed by atoms with E-state index < -0.39 is 0 Å². The molecule has 0 saturated carbocycles. The highest BCUT2D eigenvalue weighted by atomic mass is 14.9. The van der Waals surface area contributed by atoms with Crippen LogP contribution in [0.4, 0.5) is 0 Å². The van der Waals surface area contributed by atoms with E-state index in [-0.39, 0.29) is 0 Å². The van der Waals surface area contributed by atoms with Gasteiger partial charge in [-0.2, -0.15) is 0 Å². The average Bonchev–Trinajstić information content (AvgIpc) is 2.18. The molecule has 0 unspecified atom stereocenters. The summed E-state index contributed by atoms with van der Waals surface area (Å²) in [5, 5.41) is 3.38. The molecule has 0 radical (unpaired) electrons. The largest absolute Gasteiger partial charge is 0.312 e. The number of hydrogen-bond donors (Lipinski definition) is 1. The van der Waals surface area contributed by atoms with Crippen molar-refractivity contribution in [3.63, 3.8) is 0 Å². The number of nitrogens with one attached hydrogen (secondary N) is 1. The van der Waals surface area contributed by atoms with Crippen LogP contribution in [0.25, 0.3) is 0 Å². The van der Waals surface area contributed by atoms with Gasteiger partial charge in [0.05, 0.1) is 5.69 Å². The zero-order valence-electron chi connectivity index (χ0n) is 8.93. The number of aromatic nitrogens is 2. The first-order valence-electron chi connectivity index (χ1n) is 5.37. The molecule has 0 saturated heterocycles. The summed E-state index contributed by atoms with van der Waals surface area (Å²) in [5.74, 6) is 0.925. The third-order valence-corrected chi connectivity index (χ3v) is 2.62. The van der Waals surface area contributed by atoms with E-state index in [1.54, 1.807) is 0 Å². The molecular formula is C11H17N3. The van der Waals surface area contributed by atoms with Crippen molar-refractivity contribution in [2.24, 2.45) is 0 Å². The Morgan fingerprint density at radius 3 is 3.00 bits per heavy atom. The second-order valence-corrected chi connectivity index (χ2v) is 3.82. The molecule has 0 atom stereocenters. The smallest absolute Gasteiger partial charge is 0.125 e. The molecule has 2 rings (SSSR count). The Labute approximate surface area is 85.0 Å². The van der Waals surface area contributed by atoms with Crippen LogP contribution in [-0.4, -0.2) is 16.5 Å². The Hall–Kier alpha value is -0.960. The van der Waals surface area contributed by atoms with E-state index in [0.717, 1.165) is 38.2 Å². The number of hydrogen-bond acceptors (Lipinski definition) is 3. The quantitative estimate of drug-likeness (QED) is 0.767. The predicted octanol–water partition coefficient (Wildman–Crippen LogP) is 1.38. The monoisotopic (exact) mass is 191 g/mol. The van der Waals surface area contributed by atoms with Crippen molar-refractivity contribution in [1.82, 2.24) is 15.3 Å². The Balaban J connectivity index is 2.41. The lowest BCUT2D eigenvalue weighted by Gasteiger charge is -2.19. The van der Waals surface area contributed by atoms with Gasteiger partial charge in [-0.05, 0) is 13.3 Å². The fourth-order valence-corrected chi connectivity index (χ4v) is 1.99. The van der Waals surface area contributed by atoms with Crippen molar-refractivity contribution in [2.75, 3.05) is 6.54 Å². The lowest BCUT2D eigenvalue weighted by atomic mass is 10.0. The maximum absolute atomic E-state index is 4.53. The van der Waals surface area contributed by atoms with E-state index in [1.165, 1.54) is 17.0 Å². The highest BCUT2D eigenvalue weighted by molar-refractivity contribution is 5.28. The van der Waals surface area contributed by atoms with Gasteiger partial charge < -0.3 is 5.32 Å². The van der Waals surface area contributed by atoms with E-state index in [2.05, 4.69) is 22.2 Å². The lowest BCUT2D eigenvalue weighted by Crippen LogP contribution is -2.27. The minimum Gasteiger partial charge on any atom is -0.312 e. The summed E-state index contributed by atoms with van der Waals surface area (Å²) in [4.78, 5) is 9.03. The topological polar surface area (TPSA) is 37.8 Å². The third kappa shape index (κ3) is 1.77. The minimum absolute atomic E-state index is 0.925. The van der Waals surface area contributed by atoms with E-state index in [1.807, 2.05) is 6.92 Å². The lowest BCUT2D eigenvalue weighted by molar-refractivity contribution is 0.610. The van der Waals surface area contributed by atoms with Crippen molar-refractivity contribution < 1.29 is 0 Å². The highest BCUT2D eigenvalue weighted by Gasteiger charge is 2.15. The zero-order valence-corrected chi connectivity index (χ0v) is 8.93. The summed E-state index contributed by atoms with van der Waals surface area (Å²) in [7, 11) is 0. The van der Waals surface area contributed by atoms with Gasteiger partial charge >= 0.3 is 0 Å². The van der Waals surface area contributed by atoms with Gasteiger partial charge in [0.1, 0.15) is 5.82 Å². The molecule has 1 aliphatic heterocycles. The average molecular weight is 191 g/mol. The van der Waals surface area contributed by atoms with Gasteiger partial charge in [-0.1, -0.05) is 13.3 Å². The summed E-state index contributed by atoms with van der Waals surface area (Å²) in [5.41, 5.74) is 3.87. The molecule has 0 aliphatic carbocycles. The second kappa shape index (κ2) is 4.05. The van der Waals surface area contributed by atoms with Gasteiger partial charge in [-0.25, -0.2) is 9.97 Å². The molecular weight excluding hydrogens is 174 g/mol. The zero-order chi connectivity index (χ0) is 9.97. The molecule has 0 aromatic carbocycles. The summed E-state index contributed by atoms with van der Waals surface area (Å²) in [6.45, 7) is 6.18. The predicted molar refractivity (Wildman–Crippen MR) is 56.2 cm³/mol. The normalized spacial score (nSPS) is 15.3. The number of nitrogens with zero attached hydrogens (tertiary/aromatic N) is 2. The maximum atomic E-state index is 4.53. The number of fused-ring (bicyclic) bond motifs is 1. The van der Waals surface area contributed by atoms with Crippen LogP contribution in [0, 0.1) is 6.92 Å². The van der Waals surface area contributed by atoms with Crippen molar-refractivity contribution in [1.29, 1.82) is 0 Å². The Morgan fingerprint density at radius 1 is 1.36 bits per heavy atom. The summed E-state index contributed by atoms with van der Waals surface area (Å²) < 4.78 is 0. The van der Waals surface area contributed by atoms with Crippen LogP contribution >= 0.6 is 0 Å². The Kier molecular flexibility index (Phi) is 2.77. The maximum Gasteiger partial charge on any atom is 0.125 e. The van der Waals surface area contributed by atoms with Crippen molar-refractivity contribution in [2.45, 2.75) is 39.7 Å².